The van der Waals surface area contributed by atoms with Gasteiger partial charge in [-0.2, -0.15) is 10.2 Å². The van der Waals surface area contributed by atoms with E-state index in [0.717, 1.165) is 11.1 Å². The van der Waals surface area contributed by atoms with Crippen LogP contribution in [0.1, 0.15) is 21.6 Å². The molecule has 0 aliphatic heterocycles. The summed E-state index contributed by atoms with van der Waals surface area (Å²) in [6.07, 6.45) is 1.52. The summed E-state index contributed by atoms with van der Waals surface area (Å²) in [6.45, 7) is 0.262. The van der Waals surface area contributed by atoms with E-state index in [1.165, 1.54) is 10.9 Å². The van der Waals surface area contributed by atoms with Gasteiger partial charge in [-0.15, -0.1) is 0 Å². The molecule has 1 N–H and O–H groups in total. The molecule has 1 aromatic heterocycles. The van der Waals surface area contributed by atoms with E-state index in [2.05, 4.69) is 15.6 Å². The Morgan fingerprint density at radius 3 is 2.55 bits per heavy atom. The molecule has 0 spiro atoms. The number of hydrazone groups is 1. The summed E-state index contributed by atoms with van der Waals surface area (Å²) >= 11 is 0. The van der Waals surface area contributed by atoms with Gasteiger partial charge in [-0.3, -0.25) is 9.59 Å². The van der Waals surface area contributed by atoms with Crippen LogP contribution in [0, 0.1) is 0 Å². The van der Waals surface area contributed by atoms with Crippen LogP contribution in [0.25, 0.3) is 10.8 Å². The predicted molar refractivity (Wildman–Crippen MR) is 120 cm³/mol. The maximum atomic E-state index is 12.9. The maximum absolute atomic E-state index is 12.9. The van der Waals surface area contributed by atoms with Crippen LogP contribution in [0.15, 0.2) is 88.8 Å². The van der Waals surface area contributed by atoms with E-state index < -0.39 is 5.91 Å². The Balaban J connectivity index is 1.65. The largest absolute Gasteiger partial charge is 0.497 e. The van der Waals surface area contributed by atoms with Gasteiger partial charge in [-0.05, 0) is 29.3 Å². The first-order valence-electron chi connectivity index (χ1n) is 9.67. The summed E-state index contributed by atoms with van der Waals surface area (Å²) in [5.74, 6) is 0.188. The molecule has 0 saturated heterocycles. The molecule has 4 rings (SSSR count). The number of hydrogen-bond donors (Lipinski definition) is 1. The standard InChI is InChI=1S/C24H20N4O3/c1-31-19-11-7-10-18(14-19)15-25-26-23(29)22-20-12-5-6-13-21(20)24(30)28(27-22)16-17-8-3-2-4-9-17/h2-15H,16H2,1H3,(H,26,29). The molecule has 0 aliphatic rings. The Morgan fingerprint density at radius 1 is 1.03 bits per heavy atom. The first-order chi connectivity index (χ1) is 15.2. The second-order valence-electron chi connectivity index (χ2n) is 6.82. The van der Waals surface area contributed by atoms with Crippen LogP contribution in [-0.4, -0.2) is 29.0 Å². The Labute approximate surface area is 178 Å². The number of carbonyl (C=O) groups excluding carboxylic acids is 1. The molecule has 154 valence electrons. The normalized spacial score (nSPS) is 11.0. The van der Waals surface area contributed by atoms with Crippen LogP contribution in [-0.2, 0) is 6.54 Å². The molecule has 0 radical (unpaired) electrons. The van der Waals surface area contributed by atoms with Gasteiger partial charge >= 0.3 is 0 Å². The lowest BCUT2D eigenvalue weighted by atomic mass is 10.1. The number of ether oxygens (including phenoxy) is 1. The van der Waals surface area contributed by atoms with Crippen LogP contribution in [0.3, 0.4) is 0 Å². The average Bonchev–Trinajstić information content (AvgIpc) is 2.81. The molecule has 31 heavy (non-hydrogen) atoms. The van der Waals surface area contributed by atoms with Crippen molar-refractivity contribution in [2.45, 2.75) is 6.54 Å². The van der Waals surface area contributed by atoms with Crippen molar-refractivity contribution in [3.63, 3.8) is 0 Å². The topological polar surface area (TPSA) is 85.6 Å². The highest BCUT2D eigenvalue weighted by Gasteiger charge is 2.16. The highest BCUT2D eigenvalue weighted by atomic mass is 16.5. The van der Waals surface area contributed by atoms with Crippen LogP contribution in [0.2, 0.25) is 0 Å². The van der Waals surface area contributed by atoms with Gasteiger partial charge in [0.05, 0.1) is 25.3 Å². The fraction of sp³-hybridized carbons (Fsp3) is 0.0833. The summed E-state index contributed by atoms with van der Waals surface area (Å²) in [7, 11) is 1.58. The van der Waals surface area contributed by atoms with Crippen LogP contribution < -0.4 is 15.7 Å². The highest BCUT2D eigenvalue weighted by molar-refractivity contribution is 6.05. The first kappa shape index (κ1) is 20.0. The van der Waals surface area contributed by atoms with Gasteiger partial charge in [-0.1, -0.05) is 60.7 Å². The summed E-state index contributed by atoms with van der Waals surface area (Å²) in [5.41, 5.74) is 4.06. The summed E-state index contributed by atoms with van der Waals surface area (Å²) in [5, 5.41) is 9.28. The number of aromatic nitrogens is 2. The fourth-order valence-electron chi connectivity index (χ4n) is 3.21. The molecule has 0 bridgehead atoms. The molecule has 0 saturated carbocycles. The third-order valence-electron chi connectivity index (χ3n) is 4.73. The van der Waals surface area contributed by atoms with E-state index in [0.29, 0.717) is 16.5 Å². The zero-order valence-electron chi connectivity index (χ0n) is 16.9. The Morgan fingerprint density at radius 2 is 1.77 bits per heavy atom. The van der Waals surface area contributed by atoms with E-state index in [-0.39, 0.29) is 17.8 Å². The minimum Gasteiger partial charge on any atom is -0.497 e. The summed E-state index contributed by atoms with van der Waals surface area (Å²) in [6, 6.07) is 23.7. The number of nitrogens with one attached hydrogen (secondary N) is 1. The maximum Gasteiger partial charge on any atom is 0.292 e. The third kappa shape index (κ3) is 4.51. The number of benzene rings is 3. The van der Waals surface area contributed by atoms with Crippen molar-refractivity contribution in [3.8, 4) is 5.75 Å². The predicted octanol–water partition coefficient (Wildman–Crippen LogP) is 3.22. The zero-order valence-corrected chi connectivity index (χ0v) is 16.9. The van der Waals surface area contributed by atoms with Crippen LogP contribution in [0.5, 0.6) is 5.75 Å². The lowest BCUT2D eigenvalue weighted by Crippen LogP contribution is -2.29. The van der Waals surface area contributed by atoms with Crippen molar-refractivity contribution in [1.82, 2.24) is 15.2 Å². The molecule has 1 heterocycles. The van der Waals surface area contributed by atoms with Gasteiger partial charge in [-0.25, -0.2) is 10.1 Å². The van der Waals surface area contributed by atoms with E-state index in [4.69, 9.17) is 4.74 Å². The highest BCUT2D eigenvalue weighted by Crippen LogP contribution is 2.14. The Kier molecular flexibility index (Phi) is 5.84. The molecular weight excluding hydrogens is 392 g/mol. The van der Waals surface area contributed by atoms with Crippen molar-refractivity contribution in [1.29, 1.82) is 0 Å². The van der Waals surface area contributed by atoms with Gasteiger partial charge in [0, 0.05) is 5.39 Å². The lowest BCUT2D eigenvalue weighted by molar-refractivity contribution is 0.0949. The number of methoxy groups -OCH3 is 1. The van der Waals surface area contributed by atoms with E-state index in [1.54, 1.807) is 37.4 Å². The average molecular weight is 412 g/mol. The third-order valence-corrected chi connectivity index (χ3v) is 4.73. The van der Waals surface area contributed by atoms with Gasteiger partial charge < -0.3 is 4.74 Å². The number of carbonyl (C=O) groups is 1. The second kappa shape index (κ2) is 9.04. The molecule has 7 nitrogen and oxygen atoms in total. The molecule has 4 aromatic rings. The van der Waals surface area contributed by atoms with E-state index in [9.17, 15) is 9.59 Å². The molecule has 7 heteroatoms. The monoisotopic (exact) mass is 412 g/mol. The first-order valence-corrected chi connectivity index (χ1v) is 9.67. The van der Waals surface area contributed by atoms with Crippen LogP contribution >= 0.6 is 0 Å². The summed E-state index contributed by atoms with van der Waals surface area (Å²) in [4.78, 5) is 25.8. The molecule has 1 amide bonds. The van der Waals surface area contributed by atoms with Crippen LogP contribution in [0.4, 0.5) is 0 Å². The minimum absolute atomic E-state index is 0.133. The van der Waals surface area contributed by atoms with Gasteiger partial charge in [0.2, 0.25) is 0 Å². The number of nitrogens with zero attached hydrogens (tertiary/aromatic N) is 3. The minimum atomic E-state index is -0.503. The van der Waals surface area contributed by atoms with Crippen molar-refractivity contribution in [2.75, 3.05) is 7.11 Å². The van der Waals surface area contributed by atoms with Gasteiger partial charge in [0.1, 0.15) is 5.75 Å². The smallest absolute Gasteiger partial charge is 0.292 e. The second-order valence-corrected chi connectivity index (χ2v) is 6.82. The van der Waals surface area contributed by atoms with E-state index in [1.807, 2.05) is 48.5 Å². The zero-order chi connectivity index (χ0) is 21.6. The Bertz CT molecular complexity index is 1310. The number of hydrogen-bond acceptors (Lipinski definition) is 5. The molecule has 0 unspecified atom stereocenters. The van der Waals surface area contributed by atoms with Gasteiger partial charge in [0.15, 0.2) is 5.69 Å². The lowest BCUT2D eigenvalue weighted by Gasteiger charge is -2.10. The van der Waals surface area contributed by atoms with Crippen molar-refractivity contribution in [3.05, 3.63) is 106 Å². The number of fused-ring (bicyclic) bond motifs is 1. The van der Waals surface area contributed by atoms with Gasteiger partial charge in [0.25, 0.3) is 11.5 Å². The SMILES string of the molecule is COc1cccc(C=NNC(=O)c2nn(Cc3ccccc3)c(=O)c3ccccc23)c1. The van der Waals surface area contributed by atoms with Crippen molar-refractivity contribution < 1.29 is 9.53 Å². The number of rotatable bonds is 6. The molecule has 0 atom stereocenters. The summed E-state index contributed by atoms with van der Waals surface area (Å²) < 4.78 is 6.49. The van der Waals surface area contributed by atoms with E-state index >= 15 is 0 Å². The van der Waals surface area contributed by atoms with Crippen molar-refractivity contribution in [2.24, 2.45) is 5.10 Å². The molecule has 0 aliphatic carbocycles. The molecular formula is C24H20N4O3. The van der Waals surface area contributed by atoms with Crippen molar-refractivity contribution >= 4 is 22.9 Å². The Hall–Kier alpha value is -4.26. The quantitative estimate of drug-likeness (QED) is 0.389. The number of amides is 1. The fourth-order valence-corrected chi connectivity index (χ4v) is 3.21. The molecule has 3 aromatic carbocycles. The molecule has 0 fully saturated rings.